The third-order valence-electron chi connectivity index (χ3n) is 4.17. The van der Waals surface area contributed by atoms with E-state index >= 15 is 0 Å². The second-order valence-electron chi connectivity index (χ2n) is 6.44. The largest absolute Gasteiger partial charge is 0.316 e. The highest BCUT2D eigenvalue weighted by Gasteiger charge is 2.24. The van der Waals surface area contributed by atoms with Crippen LogP contribution in [0.1, 0.15) is 40.7 Å². The fourth-order valence-electron chi connectivity index (χ4n) is 3.01. The van der Waals surface area contributed by atoms with Gasteiger partial charge in [-0.2, -0.15) is 5.26 Å². The molecule has 5 nitrogen and oxygen atoms in total. The smallest absolute Gasteiger partial charge is 0.235 e. The summed E-state index contributed by atoms with van der Waals surface area (Å²) >= 11 is 2.86. The number of nitrogens with one attached hydrogen (secondary N) is 1. The van der Waals surface area contributed by atoms with Crippen molar-refractivity contribution >= 4 is 34.0 Å². The standard InChI is InChI=1S/C18H20N4OS2/c1-10-4-5-13-14(8-19)17(25-15(13)6-10)22-16(23)9-24-18-20-11(2)7-12(3)21-18/h7,10H,4-6,9H2,1-3H3,(H,22,23)/t10-/m1/s1. The molecule has 2 heterocycles. The molecule has 0 aromatic carbocycles. The number of nitriles is 1. The van der Waals surface area contributed by atoms with Crippen LogP contribution < -0.4 is 5.32 Å². The lowest BCUT2D eigenvalue weighted by atomic mass is 9.89. The highest BCUT2D eigenvalue weighted by molar-refractivity contribution is 7.99. The van der Waals surface area contributed by atoms with Gasteiger partial charge in [-0.15, -0.1) is 11.3 Å². The molecule has 2 aromatic rings. The van der Waals surface area contributed by atoms with Crippen LogP contribution in [0, 0.1) is 31.1 Å². The SMILES string of the molecule is Cc1cc(C)nc(SCC(=O)Nc2sc3c(c2C#N)CC[C@@H](C)C3)n1. The summed E-state index contributed by atoms with van der Waals surface area (Å²) in [6.07, 6.45) is 3.03. The number of fused-ring (bicyclic) bond motifs is 1. The number of nitrogens with zero attached hydrogens (tertiary/aromatic N) is 3. The summed E-state index contributed by atoms with van der Waals surface area (Å²) in [6, 6.07) is 4.18. The molecule has 1 N–H and O–H groups in total. The van der Waals surface area contributed by atoms with Crippen molar-refractivity contribution in [2.45, 2.75) is 45.2 Å². The van der Waals surface area contributed by atoms with E-state index in [-0.39, 0.29) is 11.7 Å². The van der Waals surface area contributed by atoms with Crippen molar-refractivity contribution in [3.05, 3.63) is 33.5 Å². The van der Waals surface area contributed by atoms with Crippen molar-refractivity contribution in [2.24, 2.45) is 5.92 Å². The zero-order chi connectivity index (χ0) is 18.0. The Labute approximate surface area is 155 Å². The van der Waals surface area contributed by atoms with Gasteiger partial charge >= 0.3 is 0 Å². The zero-order valence-corrected chi connectivity index (χ0v) is 16.2. The molecule has 0 saturated heterocycles. The van der Waals surface area contributed by atoms with Crippen LogP contribution in [-0.2, 0) is 17.6 Å². The van der Waals surface area contributed by atoms with Crippen LogP contribution in [-0.4, -0.2) is 21.6 Å². The highest BCUT2D eigenvalue weighted by Crippen LogP contribution is 2.39. The van der Waals surface area contributed by atoms with Crippen molar-refractivity contribution in [3.63, 3.8) is 0 Å². The molecule has 25 heavy (non-hydrogen) atoms. The van der Waals surface area contributed by atoms with Gasteiger partial charge in [-0.1, -0.05) is 18.7 Å². The fraction of sp³-hybridized carbons (Fsp3) is 0.444. The van der Waals surface area contributed by atoms with Gasteiger partial charge in [0.1, 0.15) is 11.1 Å². The maximum atomic E-state index is 12.3. The molecule has 0 fully saturated rings. The molecule has 3 rings (SSSR count). The quantitative estimate of drug-likeness (QED) is 0.651. The first-order valence-electron chi connectivity index (χ1n) is 8.26. The van der Waals surface area contributed by atoms with Gasteiger partial charge < -0.3 is 5.32 Å². The normalized spacial score (nSPS) is 16.2. The summed E-state index contributed by atoms with van der Waals surface area (Å²) in [7, 11) is 0. The van der Waals surface area contributed by atoms with Gasteiger partial charge in [0.2, 0.25) is 5.91 Å². The fourth-order valence-corrected chi connectivity index (χ4v) is 5.13. The Hall–Kier alpha value is -1.91. The summed E-state index contributed by atoms with van der Waals surface area (Å²) in [4.78, 5) is 22.2. The lowest BCUT2D eigenvalue weighted by Gasteiger charge is -2.17. The number of anilines is 1. The molecule has 2 aromatic heterocycles. The number of carbonyl (C=O) groups excluding carboxylic acids is 1. The summed E-state index contributed by atoms with van der Waals surface area (Å²) in [5.41, 5.74) is 3.56. The second-order valence-corrected chi connectivity index (χ2v) is 8.49. The predicted molar refractivity (Wildman–Crippen MR) is 101 cm³/mol. The van der Waals surface area contributed by atoms with E-state index in [1.807, 2.05) is 19.9 Å². The topological polar surface area (TPSA) is 78.7 Å². The number of aromatic nitrogens is 2. The molecule has 1 aliphatic rings. The number of thioether (sulfide) groups is 1. The molecule has 0 aliphatic heterocycles. The van der Waals surface area contributed by atoms with Gasteiger partial charge in [0.25, 0.3) is 0 Å². The average Bonchev–Trinajstić information content (AvgIpc) is 2.88. The van der Waals surface area contributed by atoms with Crippen LogP contribution in [0.2, 0.25) is 0 Å². The lowest BCUT2D eigenvalue weighted by molar-refractivity contribution is -0.113. The summed E-state index contributed by atoms with van der Waals surface area (Å²) in [6.45, 7) is 6.05. The zero-order valence-electron chi connectivity index (χ0n) is 14.5. The number of aryl methyl sites for hydroxylation is 2. The van der Waals surface area contributed by atoms with E-state index in [0.717, 1.165) is 36.2 Å². The molecule has 0 unspecified atom stereocenters. The third-order valence-corrected chi connectivity index (χ3v) is 6.19. The minimum atomic E-state index is -0.129. The first-order chi connectivity index (χ1) is 12.0. The van der Waals surface area contributed by atoms with Crippen molar-refractivity contribution in [1.29, 1.82) is 5.26 Å². The Kier molecular flexibility index (Phi) is 5.40. The molecule has 1 aliphatic carbocycles. The van der Waals surface area contributed by atoms with E-state index in [0.29, 0.717) is 21.6 Å². The van der Waals surface area contributed by atoms with E-state index in [9.17, 15) is 10.1 Å². The van der Waals surface area contributed by atoms with Crippen LogP contribution in [0.15, 0.2) is 11.2 Å². The van der Waals surface area contributed by atoms with E-state index in [2.05, 4.69) is 28.3 Å². The lowest BCUT2D eigenvalue weighted by Crippen LogP contribution is -2.14. The van der Waals surface area contributed by atoms with E-state index in [1.54, 1.807) is 11.3 Å². The number of carbonyl (C=O) groups is 1. The maximum Gasteiger partial charge on any atom is 0.235 e. The van der Waals surface area contributed by atoms with Crippen LogP contribution in [0.4, 0.5) is 5.00 Å². The Morgan fingerprint density at radius 1 is 1.44 bits per heavy atom. The monoisotopic (exact) mass is 372 g/mol. The number of rotatable bonds is 4. The molecule has 0 spiro atoms. The van der Waals surface area contributed by atoms with Crippen molar-refractivity contribution in [2.75, 3.05) is 11.1 Å². The summed E-state index contributed by atoms with van der Waals surface area (Å²) in [5.74, 6) is 0.738. The van der Waals surface area contributed by atoms with E-state index in [4.69, 9.17) is 0 Å². The Bertz CT molecular complexity index is 833. The van der Waals surface area contributed by atoms with Crippen LogP contribution in [0.3, 0.4) is 0 Å². The number of hydrogen-bond donors (Lipinski definition) is 1. The van der Waals surface area contributed by atoms with Gasteiger partial charge in [0.05, 0.1) is 11.3 Å². The van der Waals surface area contributed by atoms with Gasteiger partial charge in [-0.05, 0) is 50.7 Å². The summed E-state index contributed by atoms with van der Waals surface area (Å²) < 4.78 is 0. The van der Waals surface area contributed by atoms with Gasteiger partial charge in [0.15, 0.2) is 5.16 Å². The molecule has 0 bridgehead atoms. The number of hydrogen-bond acceptors (Lipinski definition) is 6. The van der Waals surface area contributed by atoms with E-state index < -0.39 is 0 Å². The van der Waals surface area contributed by atoms with Crippen molar-refractivity contribution < 1.29 is 4.79 Å². The molecule has 130 valence electrons. The van der Waals surface area contributed by atoms with Gasteiger partial charge in [-0.25, -0.2) is 9.97 Å². The predicted octanol–water partition coefficient (Wildman–Crippen LogP) is 3.88. The Morgan fingerprint density at radius 2 is 2.16 bits per heavy atom. The number of thiophene rings is 1. The average molecular weight is 373 g/mol. The minimum absolute atomic E-state index is 0.129. The van der Waals surface area contributed by atoms with Gasteiger partial charge in [0, 0.05) is 16.3 Å². The molecule has 0 saturated carbocycles. The molecular weight excluding hydrogens is 352 g/mol. The highest BCUT2D eigenvalue weighted by atomic mass is 32.2. The Morgan fingerprint density at radius 3 is 2.84 bits per heavy atom. The number of amides is 1. The van der Waals surface area contributed by atoms with Crippen molar-refractivity contribution in [3.8, 4) is 6.07 Å². The Balaban J connectivity index is 1.68. The van der Waals surface area contributed by atoms with Crippen molar-refractivity contribution in [1.82, 2.24) is 9.97 Å². The van der Waals surface area contributed by atoms with Gasteiger partial charge in [-0.3, -0.25) is 4.79 Å². The third kappa shape index (κ3) is 4.20. The minimum Gasteiger partial charge on any atom is -0.316 e. The molecule has 1 amide bonds. The van der Waals surface area contributed by atoms with E-state index in [1.165, 1.54) is 16.6 Å². The molecular formula is C18H20N4OS2. The maximum absolute atomic E-state index is 12.3. The van der Waals surface area contributed by atoms with Crippen LogP contribution >= 0.6 is 23.1 Å². The molecule has 1 atom stereocenters. The second kappa shape index (κ2) is 7.54. The van der Waals surface area contributed by atoms with Crippen LogP contribution in [0.5, 0.6) is 0 Å². The molecule has 0 radical (unpaired) electrons. The first kappa shape index (κ1) is 17.9. The van der Waals surface area contributed by atoms with Crippen LogP contribution in [0.25, 0.3) is 0 Å². The summed E-state index contributed by atoms with van der Waals surface area (Å²) in [5, 5.41) is 13.7. The first-order valence-corrected chi connectivity index (χ1v) is 10.1. The molecule has 7 heteroatoms.